The fourth-order valence-corrected chi connectivity index (χ4v) is 1.80. The largest absolute Gasteiger partial charge is 0.377 e. The summed E-state index contributed by atoms with van der Waals surface area (Å²) in [6.07, 6.45) is 2.88. The summed E-state index contributed by atoms with van der Waals surface area (Å²) in [5, 5.41) is 3.29. The number of anilines is 1. The second-order valence-electron chi connectivity index (χ2n) is 4.60. The molecule has 5 nitrogen and oxygen atoms in total. The van der Waals surface area contributed by atoms with Crippen LogP contribution in [0.4, 0.5) is 5.82 Å². The van der Waals surface area contributed by atoms with Crippen molar-refractivity contribution in [2.75, 3.05) is 19.0 Å². The van der Waals surface area contributed by atoms with Crippen LogP contribution in [-0.4, -0.2) is 28.6 Å². The predicted octanol–water partition coefficient (Wildman–Crippen LogP) is 2.82. The molecular formula is C15H20N4O. The lowest BCUT2D eigenvalue weighted by atomic mass is 10.2. The molecule has 0 aliphatic heterocycles. The van der Waals surface area contributed by atoms with Crippen LogP contribution < -0.4 is 5.32 Å². The Bertz CT molecular complexity index is 554. The van der Waals surface area contributed by atoms with Gasteiger partial charge >= 0.3 is 0 Å². The molecule has 2 aromatic rings. The van der Waals surface area contributed by atoms with E-state index in [2.05, 4.69) is 27.2 Å². The van der Waals surface area contributed by atoms with Gasteiger partial charge in [0.2, 0.25) is 0 Å². The molecule has 0 fully saturated rings. The van der Waals surface area contributed by atoms with Crippen molar-refractivity contribution in [2.24, 2.45) is 0 Å². The molecule has 2 heterocycles. The van der Waals surface area contributed by atoms with Gasteiger partial charge in [-0.25, -0.2) is 9.97 Å². The Labute approximate surface area is 119 Å². The van der Waals surface area contributed by atoms with Gasteiger partial charge in [-0.3, -0.25) is 4.98 Å². The average molecular weight is 272 g/mol. The van der Waals surface area contributed by atoms with Crippen LogP contribution in [0, 0.1) is 6.92 Å². The van der Waals surface area contributed by atoms with E-state index < -0.39 is 0 Å². The number of rotatable bonds is 6. The van der Waals surface area contributed by atoms with E-state index in [4.69, 9.17) is 4.74 Å². The predicted molar refractivity (Wildman–Crippen MR) is 79.5 cm³/mol. The van der Waals surface area contributed by atoms with E-state index in [0.29, 0.717) is 12.4 Å². The first-order valence-electron chi connectivity index (χ1n) is 6.76. The highest BCUT2D eigenvalue weighted by molar-refractivity contribution is 5.61. The van der Waals surface area contributed by atoms with Gasteiger partial charge in [0.25, 0.3) is 0 Å². The Kier molecular flexibility index (Phi) is 5.01. The van der Waals surface area contributed by atoms with Crippen LogP contribution >= 0.6 is 0 Å². The van der Waals surface area contributed by atoms with Crippen LogP contribution in [0.5, 0.6) is 0 Å². The summed E-state index contributed by atoms with van der Waals surface area (Å²) in [6, 6.07) is 5.94. The third-order valence-electron chi connectivity index (χ3n) is 2.81. The first-order chi connectivity index (χ1) is 9.72. The van der Waals surface area contributed by atoms with Crippen molar-refractivity contribution >= 4 is 5.82 Å². The second kappa shape index (κ2) is 6.96. The molecule has 0 saturated heterocycles. The highest BCUT2D eigenvalue weighted by atomic mass is 16.5. The quantitative estimate of drug-likeness (QED) is 0.876. The monoisotopic (exact) mass is 272 g/mol. The fraction of sp³-hybridized carbons (Fsp3) is 0.400. The van der Waals surface area contributed by atoms with E-state index in [-0.39, 0.29) is 0 Å². The lowest BCUT2D eigenvalue weighted by Gasteiger charge is -2.09. The third kappa shape index (κ3) is 3.74. The standard InChI is InChI=1S/C15H20N4O/c1-4-7-16-14-8-13(18-15(19-14)10-20-3)12-6-5-11(2)17-9-12/h5-6,8-9H,4,7,10H2,1-3H3,(H,16,18,19). The van der Waals surface area contributed by atoms with Gasteiger partial charge in [0.15, 0.2) is 5.82 Å². The molecule has 0 amide bonds. The smallest absolute Gasteiger partial charge is 0.157 e. The minimum absolute atomic E-state index is 0.397. The second-order valence-corrected chi connectivity index (χ2v) is 4.60. The summed E-state index contributed by atoms with van der Waals surface area (Å²) in [5.74, 6) is 1.49. The van der Waals surface area contributed by atoms with Gasteiger partial charge in [-0.05, 0) is 25.5 Å². The number of methoxy groups -OCH3 is 1. The van der Waals surface area contributed by atoms with Crippen LogP contribution in [0.25, 0.3) is 11.3 Å². The van der Waals surface area contributed by atoms with Gasteiger partial charge in [-0.15, -0.1) is 0 Å². The van der Waals surface area contributed by atoms with E-state index >= 15 is 0 Å². The van der Waals surface area contributed by atoms with Crippen molar-refractivity contribution < 1.29 is 4.74 Å². The molecule has 5 heteroatoms. The zero-order valence-corrected chi connectivity index (χ0v) is 12.2. The Balaban J connectivity index is 2.34. The maximum atomic E-state index is 5.13. The summed E-state index contributed by atoms with van der Waals surface area (Å²) in [5.41, 5.74) is 2.83. The van der Waals surface area contributed by atoms with Crippen molar-refractivity contribution in [3.05, 3.63) is 35.9 Å². The molecule has 0 aliphatic carbocycles. The first-order valence-corrected chi connectivity index (χ1v) is 6.76. The molecule has 2 aromatic heterocycles. The van der Waals surface area contributed by atoms with Crippen LogP contribution in [0.2, 0.25) is 0 Å². The van der Waals surface area contributed by atoms with E-state index in [1.165, 1.54) is 0 Å². The molecule has 0 radical (unpaired) electrons. The molecule has 0 unspecified atom stereocenters. The molecule has 2 rings (SSSR count). The minimum Gasteiger partial charge on any atom is -0.377 e. The van der Waals surface area contributed by atoms with Gasteiger partial charge in [0, 0.05) is 37.2 Å². The molecule has 0 bridgehead atoms. The first kappa shape index (κ1) is 14.4. The number of pyridine rings is 1. The number of aromatic nitrogens is 3. The number of aryl methyl sites for hydroxylation is 1. The van der Waals surface area contributed by atoms with Gasteiger partial charge in [0.05, 0.1) is 5.69 Å². The maximum Gasteiger partial charge on any atom is 0.157 e. The van der Waals surface area contributed by atoms with E-state index in [9.17, 15) is 0 Å². The van der Waals surface area contributed by atoms with Crippen LogP contribution in [0.15, 0.2) is 24.4 Å². The van der Waals surface area contributed by atoms with Gasteiger partial charge < -0.3 is 10.1 Å². The van der Waals surface area contributed by atoms with E-state index in [1.54, 1.807) is 7.11 Å². The lowest BCUT2D eigenvalue weighted by molar-refractivity contribution is 0.178. The Hall–Kier alpha value is -2.01. The topological polar surface area (TPSA) is 59.9 Å². The van der Waals surface area contributed by atoms with E-state index in [0.717, 1.165) is 35.7 Å². The number of hydrogen-bond acceptors (Lipinski definition) is 5. The molecule has 0 aromatic carbocycles. The van der Waals surface area contributed by atoms with Crippen molar-refractivity contribution in [1.82, 2.24) is 15.0 Å². The summed E-state index contributed by atoms with van der Waals surface area (Å²) in [6.45, 7) is 5.37. The summed E-state index contributed by atoms with van der Waals surface area (Å²) in [7, 11) is 1.64. The molecule has 0 atom stereocenters. The third-order valence-corrected chi connectivity index (χ3v) is 2.81. The summed E-state index contributed by atoms with van der Waals surface area (Å²) in [4.78, 5) is 13.3. The number of nitrogens with one attached hydrogen (secondary N) is 1. The number of nitrogens with zero attached hydrogens (tertiary/aromatic N) is 3. The van der Waals surface area contributed by atoms with Crippen LogP contribution in [-0.2, 0) is 11.3 Å². The molecular weight excluding hydrogens is 252 g/mol. The highest BCUT2D eigenvalue weighted by Crippen LogP contribution is 2.19. The van der Waals surface area contributed by atoms with Crippen molar-refractivity contribution in [2.45, 2.75) is 26.9 Å². The molecule has 0 saturated carbocycles. The zero-order valence-electron chi connectivity index (χ0n) is 12.2. The minimum atomic E-state index is 0.397. The van der Waals surface area contributed by atoms with Crippen molar-refractivity contribution in [3.63, 3.8) is 0 Å². The normalized spacial score (nSPS) is 10.6. The van der Waals surface area contributed by atoms with Gasteiger partial charge in [-0.2, -0.15) is 0 Å². The number of ether oxygens (including phenoxy) is 1. The zero-order chi connectivity index (χ0) is 14.4. The molecule has 0 aliphatic rings. The average Bonchev–Trinajstić information content (AvgIpc) is 2.46. The molecule has 106 valence electrons. The van der Waals surface area contributed by atoms with Gasteiger partial charge in [-0.1, -0.05) is 6.92 Å². The van der Waals surface area contributed by atoms with Crippen LogP contribution in [0.3, 0.4) is 0 Å². The molecule has 1 N–H and O–H groups in total. The Morgan fingerprint density at radius 3 is 2.75 bits per heavy atom. The highest BCUT2D eigenvalue weighted by Gasteiger charge is 2.07. The van der Waals surface area contributed by atoms with Crippen molar-refractivity contribution in [1.29, 1.82) is 0 Å². The summed E-state index contributed by atoms with van der Waals surface area (Å²) < 4.78 is 5.13. The molecule has 20 heavy (non-hydrogen) atoms. The van der Waals surface area contributed by atoms with Gasteiger partial charge in [0.1, 0.15) is 12.4 Å². The molecule has 0 spiro atoms. The fourth-order valence-electron chi connectivity index (χ4n) is 1.80. The Morgan fingerprint density at radius 1 is 1.25 bits per heavy atom. The number of hydrogen-bond donors (Lipinski definition) is 1. The lowest BCUT2D eigenvalue weighted by Crippen LogP contribution is -2.06. The van der Waals surface area contributed by atoms with Crippen molar-refractivity contribution in [3.8, 4) is 11.3 Å². The SMILES string of the molecule is CCCNc1cc(-c2ccc(C)nc2)nc(COC)n1. The summed E-state index contributed by atoms with van der Waals surface area (Å²) >= 11 is 0. The van der Waals surface area contributed by atoms with E-state index in [1.807, 2.05) is 31.3 Å². The van der Waals surface area contributed by atoms with Crippen LogP contribution in [0.1, 0.15) is 24.9 Å². The Morgan fingerprint density at radius 2 is 2.10 bits per heavy atom. The maximum absolute atomic E-state index is 5.13.